The second-order valence-corrected chi connectivity index (χ2v) is 3.32. The first-order valence-electron chi connectivity index (χ1n) is 4.02. The Morgan fingerprint density at radius 3 is 2.44 bits per heavy atom. The van der Waals surface area contributed by atoms with Crippen LogP contribution in [0.15, 0.2) is 12.1 Å². The smallest absolute Gasteiger partial charge is 0.417 e. The lowest BCUT2D eigenvalue weighted by molar-refractivity contribution is -0.138. The zero-order chi connectivity index (χ0) is 12.5. The fourth-order valence-electron chi connectivity index (χ4n) is 1.10. The number of halogens is 4. The van der Waals surface area contributed by atoms with Gasteiger partial charge in [0.05, 0.1) is 28.9 Å². The summed E-state index contributed by atoms with van der Waals surface area (Å²) in [5.41, 5.74) is 3.17. The molecule has 0 bridgehead atoms. The van der Waals surface area contributed by atoms with Crippen molar-refractivity contribution >= 4 is 23.3 Å². The number of benzene rings is 1. The largest absolute Gasteiger partial charge is 0.465 e. The summed E-state index contributed by atoms with van der Waals surface area (Å²) in [6.45, 7) is 0. The van der Waals surface area contributed by atoms with Crippen LogP contribution < -0.4 is 5.73 Å². The third-order valence-corrected chi connectivity index (χ3v) is 2.17. The van der Waals surface area contributed by atoms with Crippen LogP contribution in [-0.4, -0.2) is 13.1 Å². The van der Waals surface area contributed by atoms with Crippen molar-refractivity contribution in [3.05, 3.63) is 28.3 Å². The number of hydrogen-bond donors (Lipinski definition) is 1. The molecule has 0 saturated carbocycles. The Morgan fingerprint density at radius 1 is 1.44 bits per heavy atom. The highest BCUT2D eigenvalue weighted by molar-refractivity contribution is 6.33. The molecule has 1 aromatic carbocycles. The van der Waals surface area contributed by atoms with Gasteiger partial charge in [-0.3, -0.25) is 0 Å². The number of esters is 1. The van der Waals surface area contributed by atoms with E-state index in [1.54, 1.807) is 0 Å². The SMILES string of the molecule is COC(=O)c1cc(Cl)c(N)cc1C(F)(F)F. The van der Waals surface area contributed by atoms with Crippen LogP contribution in [0.4, 0.5) is 18.9 Å². The van der Waals surface area contributed by atoms with E-state index in [1.807, 2.05) is 0 Å². The molecule has 2 N–H and O–H groups in total. The van der Waals surface area contributed by atoms with Gasteiger partial charge in [0.2, 0.25) is 0 Å². The summed E-state index contributed by atoms with van der Waals surface area (Å²) >= 11 is 5.54. The van der Waals surface area contributed by atoms with Crippen molar-refractivity contribution in [1.29, 1.82) is 0 Å². The Kier molecular flexibility index (Phi) is 3.32. The quantitative estimate of drug-likeness (QED) is 0.618. The molecule has 0 aliphatic heterocycles. The number of nitrogen functional groups attached to an aromatic ring is 1. The van der Waals surface area contributed by atoms with Crippen LogP contribution in [-0.2, 0) is 10.9 Å². The molecule has 0 saturated heterocycles. The summed E-state index contributed by atoms with van der Waals surface area (Å²) in [6, 6.07) is 1.44. The normalized spacial score (nSPS) is 11.3. The number of methoxy groups -OCH3 is 1. The average molecular weight is 254 g/mol. The average Bonchev–Trinajstić information content (AvgIpc) is 2.18. The van der Waals surface area contributed by atoms with Crippen LogP contribution in [0.2, 0.25) is 5.02 Å². The van der Waals surface area contributed by atoms with E-state index in [2.05, 4.69) is 4.74 Å². The van der Waals surface area contributed by atoms with Crippen molar-refractivity contribution in [3.63, 3.8) is 0 Å². The lowest BCUT2D eigenvalue weighted by atomic mass is 10.1. The maximum atomic E-state index is 12.6. The van der Waals surface area contributed by atoms with Gasteiger partial charge in [-0.2, -0.15) is 13.2 Å². The molecule has 0 fully saturated rings. The monoisotopic (exact) mass is 253 g/mol. The van der Waals surface area contributed by atoms with Gasteiger partial charge in [0.1, 0.15) is 0 Å². The van der Waals surface area contributed by atoms with Gasteiger partial charge in [0.15, 0.2) is 0 Å². The van der Waals surface area contributed by atoms with E-state index in [0.29, 0.717) is 6.07 Å². The van der Waals surface area contributed by atoms with Crippen molar-refractivity contribution in [3.8, 4) is 0 Å². The van der Waals surface area contributed by atoms with E-state index < -0.39 is 23.3 Å². The van der Waals surface area contributed by atoms with E-state index in [0.717, 1.165) is 13.2 Å². The highest BCUT2D eigenvalue weighted by Crippen LogP contribution is 2.36. The fourth-order valence-corrected chi connectivity index (χ4v) is 1.27. The van der Waals surface area contributed by atoms with Gasteiger partial charge in [-0.25, -0.2) is 4.79 Å². The minimum Gasteiger partial charge on any atom is -0.465 e. The molecule has 0 atom stereocenters. The fraction of sp³-hybridized carbons (Fsp3) is 0.222. The number of carbonyl (C=O) groups excluding carboxylic acids is 1. The van der Waals surface area contributed by atoms with Crippen molar-refractivity contribution in [2.24, 2.45) is 0 Å². The highest BCUT2D eigenvalue weighted by Gasteiger charge is 2.36. The molecule has 1 rings (SSSR count). The van der Waals surface area contributed by atoms with Gasteiger partial charge in [-0.05, 0) is 12.1 Å². The maximum absolute atomic E-state index is 12.6. The lowest BCUT2D eigenvalue weighted by Gasteiger charge is -2.12. The molecular weight excluding hydrogens is 247 g/mol. The molecule has 0 aromatic heterocycles. The minimum absolute atomic E-state index is 0.131. The molecule has 0 radical (unpaired) electrons. The molecule has 0 spiro atoms. The van der Waals surface area contributed by atoms with E-state index in [1.165, 1.54) is 0 Å². The van der Waals surface area contributed by atoms with E-state index in [9.17, 15) is 18.0 Å². The molecule has 0 unspecified atom stereocenters. The van der Waals surface area contributed by atoms with Crippen LogP contribution >= 0.6 is 11.6 Å². The molecule has 1 aromatic rings. The second kappa shape index (κ2) is 4.21. The molecular formula is C9H7ClF3NO2. The summed E-state index contributed by atoms with van der Waals surface area (Å²) in [6.07, 6.45) is -4.69. The first kappa shape index (κ1) is 12.6. The van der Waals surface area contributed by atoms with Gasteiger partial charge in [-0.15, -0.1) is 0 Å². The number of rotatable bonds is 1. The topological polar surface area (TPSA) is 52.3 Å². The van der Waals surface area contributed by atoms with Crippen molar-refractivity contribution < 1.29 is 22.7 Å². The van der Waals surface area contributed by atoms with E-state index in [-0.39, 0.29) is 10.7 Å². The predicted octanol–water partition coefficient (Wildman–Crippen LogP) is 2.73. The second-order valence-electron chi connectivity index (χ2n) is 2.91. The minimum atomic E-state index is -4.69. The van der Waals surface area contributed by atoms with E-state index in [4.69, 9.17) is 17.3 Å². The Morgan fingerprint density at radius 2 is 2.00 bits per heavy atom. The highest BCUT2D eigenvalue weighted by atomic mass is 35.5. The molecule has 16 heavy (non-hydrogen) atoms. The number of carbonyl (C=O) groups is 1. The van der Waals surface area contributed by atoms with Crippen LogP contribution in [0.1, 0.15) is 15.9 Å². The summed E-state index contributed by atoms with van der Waals surface area (Å²) in [7, 11) is 0.979. The predicted molar refractivity (Wildman–Crippen MR) is 52.2 cm³/mol. The Balaban J connectivity index is 3.45. The van der Waals surface area contributed by atoms with Crippen LogP contribution in [0.25, 0.3) is 0 Å². The third-order valence-electron chi connectivity index (χ3n) is 1.85. The Hall–Kier alpha value is -1.43. The Labute approximate surface area is 93.9 Å². The summed E-state index contributed by atoms with van der Waals surface area (Å²) in [5, 5.41) is -0.131. The lowest BCUT2D eigenvalue weighted by Crippen LogP contribution is -2.15. The number of anilines is 1. The van der Waals surface area contributed by atoms with Gasteiger partial charge in [0, 0.05) is 0 Å². The number of alkyl halides is 3. The summed E-state index contributed by atoms with van der Waals surface area (Å²) < 4.78 is 41.9. The molecule has 0 aliphatic carbocycles. The van der Waals surface area contributed by atoms with Crippen molar-refractivity contribution in [2.45, 2.75) is 6.18 Å². The summed E-state index contributed by atoms with van der Waals surface area (Å²) in [5.74, 6) is -1.12. The summed E-state index contributed by atoms with van der Waals surface area (Å²) in [4.78, 5) is 11.1. The standard InChI is InChI=1S/C9H7ClF3NO2/c1-16-8(15)4-2-6(10)7(14)3-5(4)9(11,12)13/h2-3H,14H2,1H3. The van der Waals surface area contributed by atoms with E-state index >= 15 is 0 Å². The molecule has 3 nitrogen and oxygen atoms in total. The third kappa shape index (κ3) is 2.38. The number of hydrogen-bond acceptors (Lipinski definition) is 3. The van der Waals surface area contributed by atoms with Crippen molar-refractivity contribution in [2.75, 3.05) is 12.8 Å². The molecule has 7 heteroatoms. The van der Waals surface area contributed by atoms with Crippen LogP contribution in [0, 0.1) is 0 Å². The zero-order valence-electron chi connectivity index (χ0n) is 8.06. The van der Waals surface area contributed by atoms with Crippen LogP contribution in [0.3, 0.4) is 0 Å². The van der Waals surface area contributed by atoms with Gasteiger partial charge in [-0.1, -0.05) is 11.6 Å². The van der Waals surface area contributed by atoms with Gasteiger partial charge < -0.3 is 10.5 Å². The Bertz CT molecular complexity index is 431. The molecule has 0 aliphatic rings. The maximum Gasteiger partial charge on any atom is 0.417 e. The van der Waals surface area contributed by atoms with Gasteiger partial charge >= 0.3 is 12.1 Å². The van der Waals surface area contributed by atoms with Gasteiger partial charge in [0.25, 0.3) is 0 Å². The van der Waals surface area contributed by atoms with Crippen molar-refractivity contribution in [1.82, 2.24) is 0 Å². The zero-order valence-corrected chi connectivity index (χ0v) is 8.82. The molecule has 0 heterocycles. The molecule has 88 valence electrons. The van der Waals surface area contributed by atoms with Crippen LogP contribution in [0.5, 0.6) is 0 Å². The number of nitrogens with two attached hydrogens (primary N) is 1. The first-order valence-corrected chi connectivity index (χ1v) is 4.39. The molecule has 0 amide bonds. The number of ether oxygens (including phenoxy) is 1. The first-order chi connectivity index (χ1) is 7.27.